The summed E-state index contributed by atoms with van der Waals surface area (Å²) in [5.74, 6) is 0.878. The summed E-state index contributed by atoms with van der Waals surface area (Å²) in [5, 5.41) is 4.91. The van der Waals surface area contributed by atoms with Gasteiger partial charge in [-0.1, -0.05) is 29.8 Å². The zero-order valence-electron chi connectivity index (χ0n) is 11.4. The Hall–Kier alpha value is -2.00. The maximum absolute atomic E-state index is 6.10. The van der Waals surface area contributed by atoms with E-state index in [4.69, 9.17) is 16.0 Å². The number of aryl methyl sites for hydroxylation is 1. The average molecular weight is 287 g/mol. The number of nitrogens with one attached hydrogen (secondary N) is 1. The molecule has 1 aromatic carbocycles. The first kappa shape index (κ1) is 13.0. The number of hydrogen-bond acceptors (Lipinski definition) is 3. The van der Waals surface area contributed by atoms with Crippen molar-refractivity contribution < 1.29 is 4.42 Å². The van der Waals surface area contributed by atoms with E-state index in [0.29, 0.717) is 5.15 Å². The molecule has 0 saturated heterocycles. The van der Waals surface area contributed by atoms with E-state index >= 15 is 0 Å². The third-order valence-electron chi connectivity index (χ3n) is 3.22. The lowest BCUT2D eigenvalue weighted by atomic mass is 10.2. The van der Waals surface area contributed by atoms with E-state index in [2.05, 4.69) is 10.3 Å². The maximum atomic E-state index is 6.10. The fourth-order valence-corrected chi connectivity index (χ4v) is 2.33. The first-order valence-corrected chi connectivity index (χ1v) is 6.88. The lowest BCUT2D eigenvalue weighted by molar-refractivity contribution is 0.526. The Bertz CT molecular complexity index is 718. The molecule has 2 heterocycles. The van der Waals surface area contributed by atoms with E-state index in [1.54, 1.807) is 6.20 Å². The molecule has 2 aromatic heterocycles. The Labute approximate surface area is 122 Å². The molecule has 102 valence electrons. The number of pyridine rings is 1. The van der Waals surface area contributed by atoms with Gasteiger partial charge in [-0.05, 0) is 37.6 Å². The number of aromatic nitrogens is 1. The number of halogens is 1. The molecule has 4 heteroatoms. The van der Waals surface area contributed by atoms with Crippen molar-refractivity contribution in [2.24, 2.45) is 0 Å². The van der Waals surface area contributed by atoms with Crippen molar-refractivity contribution in [1.82, 2.24) is 4.98 Å². The number of furan rings is 1. The number of benzene rings is 1. The van der Waals surface area contributed by atoms with Gasteiger partial charge in [0.05, 0.1) is 11.7 Å². The Morgan fingerprint density at radius 2 is 2.05 bits per heavy atom. The molecule has 0 aliphatic carbocycles. The second kappa shape index (κ2) is 5.17. The number of hydrogen-bond donors (Lipinski definition) is 1. The Morgan fingerprint density at radius 1 is 1.25 bits per heavy atom. The van der Waals surface area contributed by atoms with Gasteiger partial charge < -0.3 is 9.73 Å². The van der Waals surface area contributed by atoms with E-state index in [0.717, 1.165) is 28.0 Å². The minimum Gasteiger partial charge on any atom is -0.459 e. The number of rotatable bonds is 3. The molecule has 0 spiro atoms. The predicted molar refractivity (Wildman–Crippen MR) is 82.2 cm³/mol. The van der Waals surface area contributed by atoms with E-state index in [1.165, 1.54) is 0 Å². The van der Waals surface area contributed by atoms with Crippen LogP contribution in [0.25, 0.3) is 11.0 Å². The third-order valence-corrected chi connectivity index (χ3v) is 3.52. The van der Waals surface area contributed by atoms with Crippen LogP contribution >= 0.6 is 11.6 Å². The van der Waals surface area contributed by atoms with Crippen LogP contribution in [0.1, 0.15) is 24.3 Å². The molecule has 3 nitrogen and oxygen atoms in total. The van der Waals surface area contributed by atoms with E-state index in [-0.39, 0.29) is 6.04 Å². The van der Waals surface area contributed by atoms with Gasteiger partial charge in [0, 0.05) is 11.6 Å². The van der Waals surface area contributed by atoms with Gasteiger partial charge in [0.15, 0.2) is 5.15 Å². The monoisotopic (exact) mass is 286 g/mol. The minimum atomic E-state index is 0.0171. The summed E-state index contributed by atoms with van der Waals surface area (Å²) in [6.45, 7) is 4.02. The zero-order chi connectivity index (χ0) is 14.1. The molecule has 0 amide bonds. The largest absolute Gasteiger partial charge is 0.459 e. The van der Waals surface area contributed by atoms with Crippen LogP contribution in [-0.4, -0.2) is 4.98 Å². The number of para-hydroxylation sites is 1. The summed E-state index contributed by atoms with van der Waals surface area (Å²) in [4.78, 5) is 4.14. The smallest absolute Gasteiger partial charge is 0.152 e. The second-order valence-electron chi connectivity index (χ2n) is 4.90. The summed E-state index contributed by atoms with van der Waals surface area (Å²) in [6, 6.07) is 12.0. The van der Waals surface area contributed by atoms with Crippen molar-refractivity contribution >= 4 is 28.3 Å². The second-order valence-corrected chi connectivity index (χ2v) is 5.26. The molecule has 0 radical (unpaired) electrons. The van der Waals surface area contributed by atoms with Crippen molar-refractivity contribution in [2.75, 3.05) is 5.32 Å². The Balaban J connectivity index is 1.88. The van der Waals surface area contributed by atoms with Crippen molar-refractivity contribution in [3.05, 3.63) is 59.1 Å². The zero-order valence-corrected chi connectivity index (χ0v) is 12.1. The van der Waals surface area contributed by atoms with Crippen molar-refractivity contribution in [1.29, 1.82) is 0 Å². The van der Waals surface area contributed by atoms with Crippen LogP contribution in [0.5, 0.6) is 0 Å². The molecule has 1 atom stereocenters. The van der Waals surface area contributed by atoms with Gasteiger partial charge >= 0.3 is 0 Å². The number of nitrogens with zero attached hydrogens (tertiary/aromatic N) is 1. The van der Waals surface area contributed by atoms with E-state index < -0.39 is 0 Å². The molecule has 0 aliphatic rings. The molecule has 0 bridgehead atoms. The fraction of sp³-hybridized carbons (Fsp3) is 0.188. The first-order valence-electron chi connectivity index (χ1n) is 6.50. The van der Waals surface area contributed by atoms with Gasteiger partial charge in [-0.2, -0.15) is 0 Å². The first-order chi connectivity index (χ1) is 9.63. The van der Waals surface area contributed by atoms with Crippen LogP contribution in [-0.2, 0) is 0 Å². The lowest BCUT2D eigenvalue weighted by Gasteiger charge is -2.14. The van der Waals surface area contributed by atoms with Crippen molar-refractivity contribution in [2.45, 2.75) is 19.9 Å². The molecule has 1 unspecified atom stereocenters. The minimum absolute atomic E-state index is 0.0171. The summed E-state index contributed by atoms with van der Waals surface area (Å²) >= 11 is 6.10. The van der Waals surface area contributed by atoms with E-state index in [9.17, 15) is 0 Å². The molecule has 0 saturated carbocycles. The van der Waals surface area contributed by atoms with Crippen molar-refractivity contribution in [3.63, 3.8) is 0 Å². The van der Waals surface area contributed by atoms with Crippen LogP contribution in [0.4, 0.5) is 5.69 Å². The van der Waals surface area contributed by atoms with Gasteiger partial charge in [0.25, 0.3) is 0 Å². The Kier molecular flexibility index (Phi) is 3.36. The highest BCUT2D eigenvalue weighted by atomic mass is 35.5. The lowest BCUT2D eigenvalue weighted by Crippen LogP contribution is -2.06. The summed E-state index contributed by atoms with van der Waals surface area (Å²) in [5.41, 5.74) is 2.78. The number of fused-ring (bicyclic) bond motifs is 1. The summed E-state index contributed by atoms with van der Waals surface area (Å²) in [6.07, 6.45) is 1.75. The molecular formula is C16H15ClN2O. The van der Waals surface area contributed by atoms with Crippen LogP contribution < -0.4 is 5.32 Å². The van der Waals surface area contributed by atoms with Crippen molar-refractivity contribution in [3.8, 4) is 0 Å². The third kappa shape index (κ3) is 2.49. The topological polar surface area (TPSA) is 38.1 Å². The molecule has 3 rings (SSSR count). The highest BCUT2D eigenvalue weighted by Crippen LogP contribution is 2.28. The molecule has 20 heavy (non-hydrogen) atoms. The van der Waals surface area contributed by atoms with Gasteiger partial charge in [-0.15, -0.1) is 0 Å². The molecule has 0 aliphatic heterocycles. The normalized spacial score (nSPS) is 12.6. The average Bonchev–Trinajstić information content (AvgIpc) is 2.87. The summed E-state index contributed by atoms with van der Waals surface area (Å²) in [7, 11) is 0. The number of anilines is 1. The standard InChI is InChI=1S/C16H15ClN2O/c1-10-7-13(16(17)18-9-10)19-11(2)15-8-12-5-3-4-6-14(12)20-15/h3-9,11,19H,1-2H3. The summed E-state index contributed by atoms with van der Waals surface area (Å²) < 4.78 is 5.85. The van der Waals surface area contributed by atoms with Crippen LogP contribution in [0.2, 0.25) is 5.15 Å². The molecule has 0 fully saturated rings. The van der Waals surface area contributed by atoms with Gasteiger partial charge in [-0.3, -0.25) is 0 Å². The van der Waals surface area contributed by atoms with Crippen LogP contribution in [0.3, 0.4) is 0 Å². The molecular weight excluding hydrogens is 272 g/mol. The maximum Gasteiger partial charge on any atom is 0.152 e. The van der Waals surface area contributed by atoms with Gasteiger partial charge in [-0.25, -0.2) is 4.98 Å². The fourth-order valence-electron chi connectivity index (χ4n) is 2.17. The predicted octanol–water partition coefficient (Wildman–Crippen LogP) is 4.96. The highest BCUT2D eigenvalue weighted by molar-refractivity contribution is 6.32. The molecule has 3 aromatic rings. The quantitative estimate of drug-likeness (QED) is 0.691. The van der Waals surface area contributed by atoms with Gasteiger partial charge in [0.1, 0.15) is 11.3 Å². The van der Waals surface area contributed by atoms with Gasteiger partial charge in [0.2, 0.25) is 0 Å². The van der Waals surface area contributed by atoms with E-state index in [1.807, 2.05) is 50.2 Å². The SMILES string of the molecule is Cc1cnc(Cl)c(NC(C)c2cc3ccccc3o2)c1. The molecule has 1 N–H and O–H groups in total. The Morgan fingerprint density at radius 3 is 2.85 bits per heavy atom. The van der Waals surface area contributed by atoms with Crippen LogP contribution in [0.15, 0.2) is 47.0 Å². The highest BCUT2D eigenvalue weighted by Gasteiger charge is 2.13. The van der Waals surface area contributed by atoms with Crippen LogP contribution in [0, 0.1) is 6.92 Å².